The lowest BCUT2D eigenvalue weighted by Crippen LogP contribution is -2.08. The Hall–Kier alpha value is -1.01. The molecule has 0 aliphatic heterocycles. The van der Waals surface area contributed by atoms with Crippen LogP contribution in [0.2, 0.25) is 0 Å². The van der Waals surface area contributed by atoms with Crippen molar-refractivity contribution >= 4 is 34.1 Å². The number of aromatic nitrogens is 2. The lowest BCUT2D eigenvalue weighted by Gasteiger charge is -2.03. The van der Waals surface area contributed by atoms with Gasteiger partial charge in [-0.2, -0.15) is 0 Å². The number of halogens is 1. The maximum atomic E-state index is 13.2. The van der Waals surface area contributed by atoms with Gasteiger partial charge < -0.3 is 9.55 Å². The fourth-order valence-corrected chi connectivity index (χ4v) is 2.66. The minimum atomic E-state index is -0.843. The van der Waals surface area contributed by atoms with E-state index in [9.17, 15) is 8.60 Å². The first-order valence-electron chi connectivity index (χ1n) is 5.35. The first-order chi connectivity index (χ1) is 8.11. The first kappa shape index (κ1) is 12.4. The summed E-state index contributed by atoms with van der Waals surface area (Å²) in [5.74, 6) is 0.870. The number of rotatable bonds is 4. The Balaban J connectivity index is 2.38. The molecule has 0 bridgehead atoms. The maximum Gasteiger partial charge on any atom is 0.178 e. The van der Waals surface area contributed by atoms with Crippen LogP contribution in [0.15, 0.2) is 18.2 Å². The summed E-state index contributed by atoms with van der Waals surface area (Å²) in [7, 11) is -0.843. The van der Waals surface area contributed by atoms with Gasteiger partial charge in [-0.25, -0.2) is 4.39 Å². The van der Waals surface area contributed by atoms with E-state index in [4.69, 9.17) is 12.2 Å². The van der Waals surface area contributed by atoms with Crippen molar-refractivity contribution in [3.05, 3.63) is 28.8 Å². The highest BCUT2D eigenvalue weighted by Gasteiger charge is 2.06. The number of benzene rings is 1. The molecule has 2 rings (SSSR count). The SMILES string of the molecule is CCS(=O)CCn1c(=S)[nH]c2ccc(F)cc21. The molecule has 1 N–H and O–H groups in total. The molecule has 1 aromatic carbocycles. The lowest BCUT2D eigenvalue weighted by molar-refractivity contribution is 0.628. The second-order valence-corrected chi connectivity index (χ2v) is 5.93. The van der Waals surface area contributed by atoms with Crippen molar-refractivity contribution in [3.8, 4) is 0 Å². The molecule has 17 heavy (non-hydrogen) atoms. The molecule has 3 nitrogen and oxygen atoms in total. The molecule has 0 amide bonds. The highest BCUT2D eigenvalue weighted by molar-refractivity contribution is 7.84. The van der Waals surface area contributed by atoms with E-state index in [1.165, 1.54) is 12.1 Å². The van der Waals surface area contributed by atoms with Crippen LogP contribution in [-0.4, -0.2) is 25.3 Å². The quantitative estimate of drug-likeness (QED) is 0.869. The smallest absolute Gasteiger partial charge is 0.178 e. The number of nitrogens with zero attached hydrogens (tertiary/aromatic N) is 1. The molecular formula is C11H13FN2OS2. The Morgan fingerprint density at radius 1 is 1.53 bits per heavy atom. The second kappa shape index (κ2) is 5.10. The monoisotopic (exact) mass is 272 g/mol. The van der Waals surface area contributed by atoms with Crippen molar-refractivity contribution < 1.29 is 8.60 Å². The average molecular weight is 272 g/mol. The molecule has 2 aromatic rings. The number of fused-ring (bicyclic) bond motifs is 1. The van der Waals surface area contributed by atoms with E-state index < -0.39 is 10.8 Å². The average Bonchev–Trinajstić information content (AvgIpc) is 2.61. The predicted octanol–water partition coefficient (Wildman–Crippen LogP) is 2.61. The molecule has 1 aromatic heterocycles. The second-order valence-electron chi connectivity index (χ2n) is 3.68. The lowest BCUT2D eigenvalue weighted by atomic mass is 10.3. The van der Waals surface area contributed by atoms with Crippen LogP contribution in [0.3, 0.4) is 0 Å². The Labute approximate surface area is 106 Å². The summed E-state index contributed by atoms with van der Waals surface area (Å²) in [6, 6.07) is 4.49. The minimum absolute atomic E-state index is 0.295. The third kappa shape index (κ3) is 2.63. The summed E-state index contributed by atoms with van der Waals surface area (Å²) < 4.78 is 26.9. The van der Waals surface area contributed by atoms with E-state index in [-0.39, 0.29) is 5.82 Å². The van der Waals surface area contributed by atoms with E-state index >= 15 is 0 Å². The molecule has 92 valence electrons. The molecule has 1 atom stereocenters. The first-order valence-corrected chi connectivity index (χ1v) is 7.24. The predicted molar refractivity (Wildman–Crippen MR) is 70.6 cm³/mol. The summed E-state index contributed by atoms with van der Waals surface area (Å²) >= 11 is 5.17. The Morgan fingerprint density at radius 2 is 2.29 bits per heavy atom. The number of nitrogens with one attached hydrogen (secondary N) is 1. The number of hydrogen-bond donors (Lipinski definition) is 1. The third-order valence-corrected chi connectivity index (χ3v) is 4.21. The zero-order valence-electron chi connectivity index (χ0n) is 9.40. The van der Waals surface area contributed by atoms with E-state index in [2.05, 4.69) is 4.98 Å². The van der Waals surface area contributed by atoms with E-state index in [1.54, 1.807) is 10.6 Å². The maximum absolute atomic E-state index is 13.2. The summed E-state index contributed by atoms with van der Waals surface area (Å²) in [5.41, 5.74) is 1.53. The highest BCUT2D eigenvalue weighted by atomic mass is 32.2. The molecular weight excluding hydrogens is 259 g/mol. The normalized spacial score (nSPS) is 13.1. The standard InChI is InChI=1S/C11H13FN2OS2/c1-2-17(15)6-5-14-10-7-8(12)3-4-9(10)13-11(14)16/h3-4,7H,2,5-6H2,1H3,(H,13,16). The van der Waals surface area contributed by atoms with Gasteiger partial charge in [0.25, 0.3) is 0 Å². The van der Waals surface area contributed by atoms with Crippen LogP contribution in [0.5, 0.6) is 0 Å². The van der Waals surface area contributed by atoms with Gasteiger partial charge in [0.05, 0.1) is 11.0 Å². The van der Waals surface area contributed by atoms with Crippen LogP contribution in [0.25, 0.3) is 11.0 Å². The van der Waals surface area contributed by atoms with Gasteiger partial charge >= 0.3 is 0 Å². The number of aryl methyl sites for hydroxylation is 1. The molecule has 0 saturated heterocycles. The zero-order chi connectivity index (χ0) is 12.4. The van der Waals surface area contributed by atoms with Gasteiger partial charge in [-0.3, -0.25) is 4.21 Å². The number of H-pyrrole nitrogens is 1. The molecule has 1 unspecified atom stereocenters. The van der Waals surface area contributed by atoms with Crippen molar-refractivity contribution in [2.75, 3.05) is 11.5 Å². The Morgan fingerprint density at radius 3 is 3.00 bits per heavy atom. The molecule has 0 aliphatic rings. The Kier molecular flexibility index (Phi) is 3.73. The molecule has 0 aliphatic carbocycles. The molecule has 6 heteroatoms. The van der Waals surface area contributed by atoms with E-state index in [1.807, 2.05) is 6.92 Å². The highest BCUT2D eigenvalue weighted by Crippen LogP contribution is 2.15. The van der Waals surface area contributed by atoms with Gasteiger partial charge in [0.15, 0.2) is 4.77 Å². The number of imidazole rings is 1. The summed E-state index contributed by atoms with van der Waals surface area (Å²) in [4.78, 5) is 3.01. The fraction of sp³-hybridized carbons (Fsp3) is 0.364. The van der Waals surface area contributed by atoms with Crippen molar-refractivity contribution in [1.82, 2.24) is 9.55 Å². The van der Waals surface area contributed by atoms with Gasteiger partial charge in [0, 0.05) is 28.9 Å². The number of aromatic amines is 1. The van der Waals surface area contributed by atoms with Gasteiger partial charge in [0.2, 0.25) is 0 Å². The van der Waals surface area contributed by atoms with Crippen LogP contribution < -0.4 is 0 Å². The fourth-order valence-electron chi connectivity index (χ4n) is 1.69. The van der Waals surface area contributed by atoms with Crippen molar-refractivity contribution in [2.45, 2.75) is 13.5 Å². The van der Waals surface area contributed by atoms with Crippen LogP contribution >= 0.6 is 12.2 Å². The van der Waals surface area contributed by atoms with Crippen LogP contribution in [0.1, 0.15) is 6.92 Å². The summed E-state index contributed by atoms with van der Waals surface area (Å²) in [5, 5.41) is 0. The molecule has 0 fully saturated rings. The van der Waals surface area contributed by atoms with E-state index in [0.717, 1.165) is 11.0 Å². The minimum Gasteiger partial charge on any atom is -0.331 e. The summed E-state index contributed by atoms with van der Waals surface area (Å²) in [6.45, 7) is 2.42. The molecule has 0 spiro atoms. The zero-order valence-corrected chi connectivity index (χ0v) is 11.0. The third-order valence-electron chi connectivity index (χ3n) is 2.60. The van der Waals surface area contributed by atoms with Crippen LogP contribution in [0, 0.1) is 10.6 Å². The molecule has 0 radical (unpaired) electrons. The van der Waals surface area contributed by atoms with Crippen LogP contribution in [0.4, 0.5) is 4.39 Å². The van der Waals surface area contributed by atoms with Crippen molar-refractivity contribution in [1.29, 1.82) is 0 Å². The van der Waals surface area contributed by atoms with Gasteiger partial charge in [-0.15, -0.1) is 0 Å². The topological polar surface area (TPSA) is 37.8 Å². The van der Waals surface area contributed by atoms with E-state index in [0.29, 0.717) is 22.8 Å². The van der Waals surface area contributed by atoms with Crippen molar-refractivity contribution in [2.24, 2.45) is 0 Å². The number of hydrogen-bond acceptors (Lipinski definition) is 2. The van der Waals surface area contributed by atoms with Gasteiger partial charge in [-0.05, 0) is 30.4 Å². The molecule has 1 heterocycles. The van der Waals surface area contributed by atoms with Gasteiger partial charge in [-0.1, -0.05) is 6.92 Å². The largest absolute Gasteiger partial charge is 0.331 e. The molecule has 0 saturated carbocycles. The van der Waals surface area contributed by atoms with Crippen LogP contribution in [-0.2, 0) is 17.3 Å². The van der Waals surface area contributed by atoms with Gasteiger partial charge in [0.1, 0.15) is 5.82 Å². The van der Waals surface area contributed by atoms with Crippen molar-refractivity contribution in [3.63, 3.8) is 0 Å². The summed E-state index contributed by atoms with van der Waals surface area (Å²) in [6.07, 6.45) is 0. The Bertz CT molecular complexity index is 617.